The van der Waals surface area contributed by atoms with E-state index in [4.69, 9.17) is 4.74 Å². The third-order valence-electron chi connectivity index (χ3n) is 2.81. The molecule has 0 atom stereocenters. The van der Waals surface area contributed by atoms with Gasteiger partial charge in [0.15, 0.2) is 5.78 Å². The average Bonchev–Trinajstić information content (AvgIpc) is 2.36. The summed E-state index contributed by atoms with van der Waals surface area (Å²) in [6.07, 6.45) is 0.432. The summed E-state index contributed by atoms with van der Waals surface area (Å²) in [6.45, 7) is 5.32. The van der Waals surface area contributed by atoms with Crippen LogP contribution in [-0.4, -0.2) is 32.3 Å². The normalized spacial score (nSPS) is 11.3. The molecule has 0 fully saturated rings. The largest absolute Gasteiger partial charge is 0.493 e. The first kappa shape index (κ1) is 15.7. The van der Waals surface area contributed by atoms with Gasteiger partial charge in [-0.1, -0.05) is 18.6 Å². The lowest BCUT2D eigenvalue weighted by Crippen LogP contribution is -2.12. The first-order valence-electron chi connectivity index (χ1n) is 6.30. The summed E-state index contributed by atoms with van der Waals surface area (Å²) < 4.78 is 28.1. The Morgan fingerprint density at radius 1 is 1.32 bits per heavy atom. The molecule has 5 heteroatoms. The van der Waals surface area contributed by atoms with E-state index in [2.05, 4.69) is 0 Å². The summed E-state index contributed by atoms with van der Waals surface area (Å²) in [4.78, 5) is 11.5. The molecule has 0 amide bonds. The van der Waals surface area contributed by atoms with Crippen molar-refractivity contribution in [2.24, 2.45) is 0 Å². The second kappa shape index (κ2) is 6.70. The van der Waals surface area contributed by atoms with Gasteiger partial charge in [-0.3, -0.25) is 4.79 Å². The summed E-state index contributed by atoms with van der Waals surface area (Å²) in [6, 6.07) is 5.39. The Bertz CT molecular complexity index is 547. The molecule has 0 bridgehead atoms. The van der Waals surface area contributed by atoms with E-state index in [0.717, 1.165) is 5.56 Å². The van der Waals surface area contributed by atoms with E-state index in [1.165, 1.54) is 6.92 Å². The Labute approximate surface area is 114 Å². The molecule has 0 aliphatic carbocycles. The van der Waals surface area contributed by atoms with Gasteiger partial charge in [0.05, 0.1) is 17.9 Å². The van der Waals surface area contributed by atoms with Crippen molar-refractivity contribution in [2.45, 2.75) is 27.2 Å². The van der Waals surface area contributed by atoms with Crippen LogP contribution in [0.3, 0.4) is 0 Å². The zero-order valence-electron chi connectivity index (χ0n) is 11.6. The molecule has 1 aromatic carbocycles. The number of hydrogen-bond acceptors (Lipinski definition) is 4. The highest BCUT2D eigenvalue weighted by atomic mass is 32.2. The Hall–Kier alpha value is -1.36. The van der Waals surface area contributed by atoms with Crippen molar-refractivity contribution in [1.29, 1.82) is 0 Å². The van der Waals surface area contributed by atoms with E-state index < -0.39 is 9.84 Å². The first-order chi connectivity index (χ1) is 8.85. The SMILES string of the molecule is CCS(=O)(=O)CCCOc1ccc(C)cc1C(C)=O. The molecule has 1 aromatic rings. The van der Waals surface area contributed by atoms with Crippen molar-refractivity contribution in [3.63, 3.8) is 0 Å². The number of aryl methyl sites for hydroxylation is 1. The zero-order chi connectivity index (χ0) is 14.5. The molecule has 0 heterocycles. The lowest BCUT2D eigenvalue weighted by molar-refractivity contribution is 0.101. The molecule has 0 saturated heterocycles. The molecule has 0 radical (unpaired) electrons. The van der Waals surface area contributed by atoms with Crippen LogP contribution in [0.5, 0.6) is 5.75 Å². The average molecular weight is 284 g/mol. The molecule has 4 nitrogen and oxygen atoms in total. The number of ether oxygens (including phenoxy) is 1. The molecule has 0 saturated carbocycles. The number of rotatable bonds is 7. The molecule has 0 aliphatic heterocycles. The van der Waals surface area contributed by atoms with Crippen molar-refractivity contribution in [3.8, 4) is 5.75 Å². The van der Waals surface area contributed by atoms with Crippen LogP contribution in [0, 0.1) is 6.92 Å². The van der Waals surface area contributed by atoms with Crippen LogP contribution in [0.2, 0.25) is 0 Å². The van der Waals surface area contributed by atoms with Crippen LogP contribution in [0.25, 0.3) is 0 Å². The van der Waals surface area contributed by atoms with Crippen LogP contribution in [0.4, 0.5) is 0 Å². The van der Waals surface area contributed by atoms with Gasteiger partial charge in [0.25, 0.3) is 0 Å². The summed E-state index contributed by atoms with van der Waals surface area (Å²) in [5.74, 6) is 0.730. The van der Waals surface area contributed by atoms with Crippen LogP contribution >= 0.6 is 0 Å². The van der Waals surface area contributed by atoms with E-state index in [9.17, 15) is 13.2 Å². The Balaban J connectivity index is 2.61. The number of carbonyl (C=O) groups is 1. The molecule has 0 spiro atoms. The second-order valence-electron chi connectivity index (χ2n) is 4.49. The fourth-order valence-corrected chi connectivity index (χ4v) is 2.50. The summed E-state index contributed by atoms with van der Waals surface area (Å²) in [5.41, 5.74) is 1.53. The third-order valence-corrected chi connectivity index (χ3v) is 4.60. The molecular weight excluding hydrogens is 264 g/mol. The summed E-state index contributed by atoms with van der Waals surface area (Å²) in [7, 11) is -2.95. The monoisotopic (exact) mass is 284 g/mol. The quantitative estimate of drug-likeness (QED) is 0.570. The van der Waals surface area contributed by atoms with Gasteiger partial charge in [-0.15, -0.1) is 0 Å². The van der Waals surface area contributed by atoms with E-state index in [-0.39, 0.29) is 17.3 Å². The standard InChI is InChI=1S/C14H20O4S/c1-4-19(16,17)9-5-8-18-14-7-6-11(2)10-13(14)12(3)15/h6-7,10H,4-5,8-9H2,1-3H3. The maximum Gasteiger partial charge on any atom is 0.163 e. The Kier molecular flexibility index (Phi) is 5.54. The third kappa shape index (κ3) is 5.03. The number of carbonyl (C=O) groups excluding carboxylic acids is 1. The number of hydrogen-bond donors (Lipinski definition) is 0. The maximum atomic E-state index is 11.5. The molecule has 0 unspecified atom stereocenters. The molecule has 1 rings (SSSR count). The summed E-state index contributed by atoms with van der Waals surface area (Å²) in [5, 5.41) is 0. The fraction of sp³-hybridized carbons (Fsp3) is 0.500. The highest BCUT2D eigenvalue weighted by molar-refractivity contribution is 7.91. The lowest BCUT2D eigenvalue weighted by atomic mass is 10.1. The molecule has 0 N–H and O–H groups in total. The zero-order valence-corrected chi connectivity index (χ0v) is 12.4. The van der Waals surface area contributed by atoms with Crippen LogP contribution < -0.4 is 4.74 Å². The fourth-order valence-electron chi connectivity index (χ4n) is 1.65. The van der Waals surface area contributed by atoms with Crippen molar-refractivity contribution < 1.29 is 17.9 Å². The van der Waals surface area contributed by atoms with Gasteiger partial charge < -0.3 is 4.74 Å². The molecule has 0 aromatic heterocycles. The van der Waals surface area contributed by atoms with Crippen molar-refractivity contribution in [2.75, 3.05) is 18.1 Å². The first-order valence-corrected chi connectivity index (χ1v) is 8.12. The number of sulfone groups is 1. The number of benzene rings is 1. The minimum Gasteiger partial charge on any atom is -0.493 e. The van der Waals surface area contributed by atoms with Gasteiger partial charge >= 0.3 is 0 Å². The van der Waals surface area contributed by atoms with Crippen molar-refractivity contribution in [1.82, 2.24) is 0 Å². The lowest BCUT2D eigenvalue weighted by Gasteiger charge is -2.10. The Morgan fingerprint density at radius 2 is 2.00 bits per heavy atom. The Morgan fingerprint density at radius 3 is 2.58 bits per heavy atom. The van der Waals surface area contributed by atoms with Crippen LogP contribution in [-0.2, 0) is 9.84 Å². The summed E-state index contributed by atoms with van der Waals surface area (Å²) >= 11 is 0. The molecule has 19 heavy (non-hydrogen) atoms. The highest BCUT2D eigenvalue weighted by Gasteiger charge is 2.10. The van der Waals surface area contributed by atoms with Crippen molar-refractivity contribution >= 4 is 15.6 Å². The van der Waals surface area contributed by atoms with Crippen LogP contribution in [0.1, 0.15) is 36.2 Å². The van der Waals surface area contributed by atoms with E-state index in [1.807, 2.05) is 13.0 Å². The predicted molar refractivity (Wildman–Crippen MR) is 75.6 cm³/mol. The molecule has 0 aliphatic rings. The van der Waals surface area contributed by atoms with Gasteiger partial charge in [0, 0.05) is 5.75 Å². The van der Waals surface area contributed by atoms with Gasteiger partial charge in [-0.25, -0.2) is 8.42 Å². The number of Topliss-reactive ketones (excluding diaryl/α,β-unsaturated/α-hetero) is 1. The topological polar surface area (TPSA) is 60.4 Å². The van der Waals surface area contributed by atoms with Crippen molar-refractivity contribution in [3.05, 3.63) is 29.3 Å². The van der Waals surface area contributed by atoms with E-state index in [0.29, 0.717) is 24.3 Å². The minimum absolute atomic E-state index is 0.0557. The highest BCUT2D eigenvalue weighted by Crippen LogP contribution is 2.20. The van der Waals surface area contributed by atoms with Gasteiger partial charge in [0.1, 0.15) is 15.6 Å². The van der Waals surface area contributed by atoms with Gasteiger partial charge in [0.2, 0.25) is 0 Å². The van der Waals surface area contributed by atoms with E-state index >= 15 is 0 Å². The van der Waals surface area contributed by atoms with Crippen LogP contribution in [0.15, 0.2) is 18.2 Å². The van der Waals surface area contributed by atoms with E-state index in [1.54, 1.807) is 19.1 Å². The van der Waals surface area contributed by atoms with Gasteiger partial charge in [-0.05, 0) is 32.4 Å². The molecular formula is C14H20O4S. The number of ketones is 1. The predicted octanol–water partition coefficient (Wildman–Crippen LogP) is 2.40. The molecule has 106 valence electrons. The maximum absolute atomic E-state index is 11.5. The minimum atomic E-state index is -2.95. The second-order valence-corrected chi connectivity index (χ2v) is 6.97. The van der Waals surface area contributed by atoms with Gasteiger partial charge in [-0.2, -0.15) is 0 Å². The smallest absolute Gasteiger partial charge is 0.163 e.